The van der Waals surface area contributed by atoms with E-state index in [-0.39, 0.29) is 17.1 Å². The number of hydrogen-bond acceptors (Lipinski definition) is 6. The topological polar surface area (TPSA) is 127 Å². The monoisotopic (exact) mass is 410 g/mol. The second-order valence-corrected chi connectivity index (χ2v) is 6.46. The second-order valence-electron chi connectivity index (χ2n) is 6.46. The predicted molar refractivity (Wildman–Crippen MR) is 114 cm³/mol. The lowest BCUT2D eigenvalue weighted by atomic mass is 10.2. The maximum absolute atomic E-state index is 12.4. The molecule has 0 radical (unpaired) electrons. The van der Waals surface area contributed by atoms with Crippen molar-refractivity contribution in [2.75, 3.05) is 5.32 Å². The fraction of sp³-hybridized carbons (Fsp3) is 0. The number of pyridine rings is 1. The molecule has 0 atom stereocenters. The number of benzene rings is 2. The summed E-state index contributed by atoms with van der Waals surface area (Å²) in [6.45, 7) is 0. The quantitative estimate of drug-likeness (QED) is 0.302. The van der Waals surface area contributed by atoms with E-state index in [4.69, 9.17) is 0 Å². The third kappa shape index (κ3) is 4.13. The van der Waals surface area contributed by atoms with Gasteiger partial charge in [0.05, 0.1) is 16.6 Å². The molecule has 9 heteroatoms. The summed E-state index contributed by atoms with van der Waals surface area (Å²) in [7, 11) is 0. The van der Waals surface area contributed by atoms with Gasteiger partial charge in [0.15, 0.2) is 11.6 Å². The Morgan fingerprint density at radius 2 is 1.90 bits per heavy atom. The molecule has 0 aliphatic rings. The van der Waals surface area contributed by atoms with E-state index in [1.807, 2.05) is 36.4 Å². The molecule has 2 aromatic carbocycles. The number of nitrogens with one attached hydrogen (secondary N) is 1. The first-order valence-corrected chi connectivity index (χ1v) is 9.13. The van der Waals surface area contributed by atoms with Crippen LogP contribution in [0.5, 0.6) is 0 Å². The highest BCUT2D eigenvalue weighted by Crippen LogP contribution is 2.21. The number of nitriles is 1. The van der Waals surface area contributed by atoms with Crippen molar-refractivity contribution < 1.29 is 9.72 Å². The van der Waals surface area contributed by atoms with Crippen LogP contribution in [0.25, 0.3) is 22.8 Å². The summed E-state index contributed by atoms with van der Waals surface area (Å²) < 4.78 is 1.39. The van der Waals surface area contributed by atoms with Gasteiger partial charge in [-0.05, 0) is 42.0 Å². The van der Waals surface area contributed by atoms with Gasteiger partial charge in [-0.25, -0.2) is 4.98 Å². The zero-order valence-corrected chi connectivity index (χ0v) is 16.0. The predicted octanol–water partition coefficient (Wildman–Crippen LogP) is 3.85. The molecule has 0 fully saturated rings. The van der Waals surface area contributed by atoms with E-state index >= 15 is 0 Å². The second kappa shape index (κ2) is 8.26. The summed E-state index contributed by atoms with van der Waals surface area (Å²) in [4.78, 5) is 27.2. The largest absolute Gasteiger partial charge is 0.306 e. The van der Waals surface area contributed by atoms with E-state index < -0.39 is 10.8 Å². The minimum atomic E-state index is -0.494. The summed E-state index contributed by atoms with van der Waals surface area (Å²) >= 11 is 0. The number of nitro groups is 1. The third-order valence-corrected chi connectivity index (χ3v) is 4.46. The van der Waals surface area contributed by atoms with Crippen LogP contribution in [-0.4, -0.2) is 25.6 Å². The molecule has 150 valence electrons. The van der Waals surface area contributed by atoms with Crippen LogP contribution in [0.1, 0.15) is 11.1 Å². The first-order chi connectivity index (χ1) is 15.0. The highest BCUT2D eigenvalue weighted by Gasteiger charge is 2.15. The molecule has 2 heterocycles. The molecule has 0 spiro atoms. The number of nitro benzene ring substituents is 1. The van der Waals surface area contributed by atoms with E-state index in [0.29, 0.717) is 11.4 Å². The van der Waals surface area contributed by atoms with Crippen LogP contribution in [-0.2, 0) is 4.79 Å². The van der Waals surface area contributed by atoms with Gasteiger partial charge in [0, 0.05) is 23.6 Å². The van der Waals surface area contributed by atoms with Crippen molar-refractivity contribution in [1.82, 2.24) is 14.8 Å². The van der Waals surface area contributed by atoms with Crippen molar-refractivity contribution >= 4 is 34.4 Å². The Kier molecular flexibility index (Phi) is 5.19. The number of fused-ring (bicyclic) bond motifs is 1. The van der Waals surface area contributed by atoms with Crippen molar-refractivity contribution in [3.8, 4) is 11.9 Å². The van der Waals surface area contributed by atoms with E-state index in [0.717, 1.165) is 10.9 Å². The summed E-state index contributed by atoms with van der Waals surface area (Å²) in [5.41, 5.74) is 1.52. The Balaban J connectivity index is 1.59. The Morgan fingerprint density at radius 3 is 2.65 bits per heavy atom. The van der Waals surface area contributed by atoms with E-state index in [1.54, 1.807) is 6.07 Å². The van der Waals surface area contributed by atoms with Crippen LogP contribution < -0.4 is 5.32 Å². The van der Waals surface area contributed by atoms with Crippen molar-refractivity contribution in [1.29, 1.82) is 5.26 Å². The van der Waals surface area contributed by atoms with Crippen molar-refractivity contribution in [3.63, 3.8) is 0 Å². The Morgan fingerprint density at radius 1 is 1.13 bits per heavy atom. The normalized spacial score (nSPS) is 10.8. The van der Waals surface area contributed by atoms with Gasteiger partial charge in [-0.2, -0.15) is 15.0 Å². The summed E-state index contributed by atoms with van der Waals surface area (Å²) in [5, 5.41) is 27.9. The standard InChI is InChI=1S/C22H14N6O3/c23-13-17-14-24-27(20-11-8-16-3-1-2-4-19(16)25-20)22(17)26-21(29)12-7-15-5-9-18(10-6-15)28(30)31/h1-12,14H,(H,26,29)/b12-7+. The number of para-hydroxylation sites is 1. The zero-order chi connectivity index (χ0) is 21.8. The Bertz CT molecular complexity index is 1370. The number of amides is 1. The van der Waals surface area contributed by atoms with Crippen LogP contribution in [0.4, 0.5) is 11.5 Å². The van der Waals surface area contributed by atoms with Gasteiger partial charge in [-0.3, -0.25) is 14.9 Å². The summed E-state index contributed by atoms with van der Waals surface area (Å²) in [6.07, 6.45) is 4.14. The fourth-order valence-corrected chi connectivity index (χ4v) is 2.93. The average molecular weight is 410 g/mol. The number of non-ortho nitro benzene ring substituents is 1. The van der Waals surface area contributed by atoms with Gasteiger partial charge >= 0.3 is 0 Å². The molecule has 4 aromatic rings. The first-order valence-electron chi connectivity index (χ1n) is 9.13. The lowest BCUT2D eigenvalue weighted by Gasteiger charge is -2.08. The molecule has 31 heavy (non-hydrogen) atoms. The molecule has 0 bridgehead atoms. The molecule has 0 aliphatic heterocycles. The Labute approximate surface area is 176 Å². The van der Waals surface area contributed by atoms with Crippen LogP contribution in [0.3, 0.4) is 0 Å². The lowest BCUT2D eigenvalue weighted by molar-refractivity contribution is -0.384. The maximum atomic E-state index is 12.4. The van der Waals surface area contributed by atoms with Gasteiger partial charge < -0.3 is 5.32 Å². The van der Waals surface area contributed by atoms with Gasteiger partial charge in [0.2, 0.25) is 5.91 Å². The zero-order valence-electron chi connectivity index (χ0n) is 16.0. The van der Waals surface area contributed by atoms with Gasteiger partial charge in [-0.1, -0.05) is 18.2 Å². The highest BCUT2D eigenvalue weighted by atomic mass is 16.6. The number of aromatic nitrogens is 3. The minimum Gasteiger partial charge on any atom is -0.306 e. The fourth-order valence-electron chi connectivity index (χ4n) is 2.93. The first kappa shape index (κ1) is 19.5. The maximum Gasteiger partial charge on any atom is 0.269 e. The van der Waals surface area contributed by atoms with Gasteiger partial charge in [0.1, 0.15) is 11.6 Å². The molecule has 9 nitrogen and oxygen atoms in total. The van der Waals surface area contributed by atoms with Crippen LogP contribution in [0.2, 0.25) is 0 Å². The van der Waals surface area contributed by atoms with Crippen LogP contribution in [0.15, 0.2) is 72.9 Å². The number of rotatable bonds is 5. The lowest BCUT2D eigenvalue weighted by Crippen LogP contribution is -2.14. The molecular formula is C22H14N6O3. The molecule has 1 amide bonds. The van der Waals surface area contributed by atoms with Crippen LogP contribution in [0, 0.1) is 21.4 Å². The van der Waals surface area contributed by atoms with Crippen LogP contribution >= 0.6 is 0 Å². The third-order valence-electron chi connectivity index (χ3n) is 4.46. The number of nitrogens with zero attached hydrogens (tertiary/aromatic N) is 5. The summed E-state index contributed by atoms with van der Waals surface area (Å²) in [5.74, 6) is 0.163. The average Bonchev–Trinajstić information content (AvgIpc) is 3.20. The molecule has 0 saturated carbocycles. The summed E-state index contributed by atoms with van der Waals surface area (Å²) in [6, 6.07) is 19.0. The van der Waals surface area contributed by atoms with E-state index in [2.05, 4.69) is 15.4 Å². The SMILES string of the molecule is N#Cc1cnn(-c2ccc3ccccc3n2)c1NC(=O)/C=C/c1ccc([N+](=O)[O-])cc1. The van der Waals surface area contributed by atoms with Crippen molar-refractivity contribution in [2.24, 2.45) is 0 Å². The molecule has 0 unspecified atom stereocenters. The smallest absolute Gasteiger partial charge is 0.269 e. The minimum absolute atomic E-state index is 0.0351. The molecule has 0 aliphatic carbocycles. The number of carbonyl (C=O) groups excluding carboxylic acids is 1. The van der Waals surface area contributed by atoms with Crippen molar-refractivity contribution in [3.05, 3.63) is 94.2 Å². The highest BCUT2D eigenvalue weighted by molar-refractivity contribution is 6.02. The van der Waals surface area contributed by atoms with Gasteiger partial charge in [0.25, 0.3) is 5.69 Å². The van der Waals surface area contributed by atoms with E-state index in [1.165, 1.54) is 47.3 Å². The van der Waals surface area contributed by atoms with Crippen molar-refractivity contribution in [2.45, 2.75) is 0 Å². The Hall–Kier alpha value is -4.84. The number of carbonyl (C=O) groups is 1. The molecule has 1 N–H and O–H groups in total. The molecular weight excluding hydrogens is 396 g/mol. The number of anilines is 1. The molecule has 4 rings (SSSR count). The van der Waals surface area contributed by atoms with E-state index in [9.17, 15) is 20.2 Å². The van der Waals surface area contributed by atoms with Gasteiger partial charge in [-0.15, -0.1) is 0 Å². The number of hydrogen-bond donors (Lipinski definition) is 1. The molecule has 0 saturated heterocycles. The molecule has 2 aromatic heterocycles.